The fourth-order valence-corrected chi connectivity index (χ4v) is 9.73. The van der Waals surface area contributed by atoms with Gasteiger partial charge in [0, 0.05) is 72.6 Å². The predicted molar refractivity (Wildman–Crippen MR) is 165 cm³/mol. The molecule has 1 fully saturated rings. The number of ether oxygens (including phenoxy) is 1. The number of benzene rings is 2. The summed E-state index contributed by atoms with van der Waals surface area (Å²) >= 11 is 0. The van der Waals surface area contributed by atoms with E-state index >= 15 is 0 Å². The van der Waals surface area contributed by atoms with Crippen LogP contribution in [0.3, 0.4) is 0 Å². The molecule has 4 heterocycles. The lowest BCUT2D eigenvalue weighted by molar-refractivity contribution is -0.145. The Morgan fingerprint density at radius 2 is 2.02 bits per heavy atom. The summed E-state index contributed by atoms with van der Waals surface area (Å²) in [5, 5.41) is 21.5. The Kier molecular flexibility index (Phi) is 7.49. The number of aromatic amines is 1. The highest BCUT2D eigenvalue weighted by Crippen LogP contribution is 2.59. The number of hydrogen-bond acceptors (Lipinski definition) is 7. The molecule has 0 saturated carbocycles. The van der Waals surface area contributed by atoms with Crippen LogP contribution in [0.15, 0.2) is 54.9 Å². The molecule has 0 bridgehead atoms. The molecule has 6 rings (SSSR count). The third kappa shape index (κ3) is 5.07. The number of fused-ring (bicyclic) bond motifs is 3. The number of carbonyl (C=O) groups is 2. The molecule has 2 aromatic heterocycles. The molecular formula is C31H38N6O5Si. The number of para-hydroxylation sites is 1. The number of aliphatic hydroxyl groups is 1. The minimum atomic E-state index is -2.81. The van der Waals surface area contributed by atoms with Crippen LogP contribution in [0.2, 0.25) is 18.6 Å². The van der Waals surface area contributed by atoms with E-state index < -0.39 is 20.0 Å². The first-order chi connectivity index (χ1) is 20.5. The smallest absolute Gasteiger partial charge is 0.264 e. The number of nitrogens with zero attached hydrogens (tertiary/aromatic N) is 4. The fraction of sp³-hybridized carbons (Fsp3) is 0.419. The Labute approximate surface area is 251 Å². The van der Waals surface area contributed by atoms with Crippen molar-refractivity contribution in [2.45, 2.75) is 63.1 Å². The number of hydrogen-bond donors (Lipinski definition) is 4. The van der Waals surface area contributed by atoms with Gasteiger partial charge in [0.2, 0.25) is 5.91 Å². The topological polar surface area (TPSA) is 146 Å². The Hall–Kier alpha value is -3.84. The maximum Gasteiger partial charge on any atom is 0.264 e. The van der Waals surface area contributed by atoms with E-state index in [0.29, 0.717) is 36.3 Å². The molecule has 226 valence electrons. The van der Waals surface area contributed by atoms with Crippen LogP contribution in [0.5, 0.6) is 0 Å². The zero-order valence-corrected chi connectivity index (χ0v) is 25.9. The Balaban J connectivity index is 1.27. The highest BCUT2D eigenvalue weighted by Gasteiger charge is 2.65. The van der Waals surface area contributed by atoms with Crippen molar-refractivity contribution >= 4 is 42.4 Å². The quantitative estimate of drug-likeness (QED) is 0.215. The molecule has 43 heavy (non-hydrogen) atoms. The summed E-state index contributed by atoms with van der Waals surface area (Å²) in [4.78, 5) is 43.5. The van der Waals surface area contributed by atoms with Crippen LogP contribution in [0.1, 0.15) is 30.2 Å². The van der Waals surface area contributed by atoms with E-state index in [4.69, 9.17) is 4.74 Å². The van der Waals surface area contributed by atoms with Crippen LogP contribution < -0.4 is 10.2 Å². The second-order valence-corrected chi connectivity index (χ2v) is 16.2. The number of aliphatic hydroxyl groups excluding tert-OH is 1. The number of likely N-dealkylation sites (N-methyl/N-ethyl adjacent to an activating group) is 1. The summed E-state index contributed by atoms with van der Waals surface area (Å²) in [7, 11) is -1.07. The molecule has 1 spiro atoms. The van der Waals surface area contributed by atoms with Crippen LogP contribution in [0.25, 0.3) is 10.9 Å². The molecule has 11 nitrogen and oxygen atoms in total. The van der Waals surface area contributed by atoms with Crippen molar-refractivity contribution in [3.63, 3.8) is 0 Å². The minimum absolute atomic E-state index is 0.00263. The largest absolute Gasteiger partial charge is 0.432 e. The molecule has 4 N–H and O–H groups in total. The fourth-order valence-electron chi connectivity index (χ4n) is 7.12. The van der Waals surface area contributed by atoms with Gasteiger partial charge in [-0.05, 0) is 49.3 Å². The SMILES string of the molecule is C[C@H]1[C@H]([Si](C)(C)O)[C@@H](CCn2cc(CCO)nn2)O[C@]12C(=O)N(C)c1ccc(NC(=O)Cc3c[nH]c4ccccc34)cc12. The molecule has 2 amide bonds. The number of nitrogens with one attached hydrogen (secondary N) is 2. The minimum Gasteiger partial charge on any atom is -0.432 e. The van der Waals surface area contributed by atoms with Crippen LogP contribution in [-0.4, -0.2) is 69.8 Å². The van der Waals surface area contributed by atoms with E-state index in [1.54, 1.807) is 22.8 Å². The summed E-state index contributed by atoms with van der Waals surface area (Å²) < 4.78 is 8.52. The van der Waals surface area contributed by atoms with Gasteiger partial charge in [0.1, 0.15) is 0 Å². The van der Waals surface area contributed by atoms with Gasteiger partial charge in [0.25, 0.3) is 5.91 Å². The highest BCUT2D eigenvalue weighted by atomic mass is 28.4. The molecule has 0 unspecified atom stereocenters. The predicted octanol–water partition coefficient (Wildman–Crippen LogP) is 3.34. The summed E-state index contributed by atoms with van der Waals surface area (Å²) in [5.41, 5.74) is 3.10. The Morgan fingerprint density at radius 1 is 1.23 bits per heavy atom. The van der Waals surface area contributed by atoms with Crippen molar-refractivity contribution in [3.8, 4) is 0 Å². The maximum absolute atomic E-state index is 14.0. The van der Waals surface area contributed by atoms with Crippen molar-refractivity contribution in [1.82, 2.24) is 20.0 Å². The number of H-pyrrole nitrogens is 1. The lowest BCUT2D eigenvalue weighted by atomic mass is 9.82. The van der Waals surface area contributed by atoms with Gasteiger partial charge >= 0.3 is 0 Å². The van der Waals surface area contributed by atoms with Crippen LogP contribution >= 0.6 is 0 Å². The molecule has 12 heteroatoms. The van der Waals surface area contributed by atoms with E-state index in [-0.39, 0.29) is 36.3 Å². The summed E-state index contributed by atoms with van der Waals surface area (Å²) in [6.45, 7) is 6.27. The van der Waals surface area contributed by atoms with Crippen LogP contribution in [0.4, 0.5) is 11.4 Å². The Bertz CT molecular complexity index is 1680. The number of aryl methyl sites for hydroxylation is 1. The first kappa shape index (κ1) is 29.2. The zero-order chi connectivity index (χ0) is 30.5. The lowest BCUT2D eigenvalue weighted by Crippen LogP contribution is -2.45. The number of aromatic nitrogens is 4. The summed E-state index contributed by atoms with van der Waals surface area (Å²) in [6.07, 6.45) is 4.43. The highest BCUT2D eigenvalue weighted by molar-refractivity contribution is 6.71. The monoisotopic (exact) mass is 602 g/mol. The molecule has 2 aliphatic heterocycles. The van der Waals surface area contributed by atoms with Crippen molar-refractivity contribution < 1.29 is 24.2 Å². The van der Waals surface area contributed by atoms with E-state index in [1.807, 2.05) is 68.7 Å². The molecule has 4 aromatic rings. The second kappa shape index (κ2) is 11.0. The van der Waals surface area contributed by atoms with Crippen molar-refractivity contribution in [2.75, 3.05) is 23.9 Å². The van der Waals surface area contributed by atoms with Gasteiger partial charge in [-0.3, -0.25) is 14.3 Å². The summed E-state index contributed by atoms with van der Waals surface area (Å²) in [5.74, 6) is -0.642. The van der Waals surface area contributed by atoms with Crippen molar-refractivity contribution in [2.24, 2.45) is 5.92 Å². The zero-order valence-electron chi connectivity index (χ0n) is 24.9. The van der Waals surface area contributed by atoms with Gasteiger partial charge in [0.15, 0.2) is 13.9 Å². The normalized spacial score (nSPS) is 23.4. The standard InChI is InChI=1S/C31H38N6O5Si/c1-19-29(43(3,4)41)27(11-13-37-18-22(12-14-38)34-35-37)42-31(19)24-16-21(9-10-26(24)36(2)30(31)40)33-28(39)15-20-17-32-25-8-6-5-7-23(20)25/h5-10,16-19,27,29,32,38,41H,11-15H2,1-4H3,(H,33,39)/t19-,27+,29-,31+/m0/s1. The lowest BCUT2D eigenvalue weighted by Gasteiger charge is -2.32. The average molecular weight is 603 g/mol. The molecule has 1 saturated heterocycles. The number of carbonyl (C=O) groups excluding carboxylic acids is 2. The van der Waals surface area contributed by atoms with E-state index in [9.17, 15) is 19.5 Å². The van der Waals surface area contributed by atoms with Gasteiger partial charge < -0.3 is 29.8 Å². The first-order valence-corrected chi connectivity index (χ1v) is 17.7. The van der Waals surface area contributed by atoms with Gasteiger partial charge in [-0.25, -0.2) is 0 Å². The van der Waals surface area contributed by atoms with Crippen molar-refractivity contribution in [1.29, 1.82) is 0 Å². The third-order valence-electron chi connectivity index (χ3n) is 9.02. The van der Waals surface area contributed by atoms with Crippen LogP contribution in [-0.2, 0) is 39.3 Å². The molecule has 2 aliphatic rings. The Morgan fingerprint density at radius 3 is 2.79 bits per heavy atom. The van der Waals surface area contributed by atoms with Crippen LogP contribution in [0, 0.1) is 5.92 Å². The number of rotatable bonds is 9. The third-order valence-corrected chi connectivity index (χ3v) is 11.5. The van der Waals surface area contributed by atoms with Crippen molar-refractivity contribution in [3.05, 3.63) is 71.7 Å². The molecular weight excluding hydrogens is 564 g/mol. The molecule has 0 aliphatic carbocycles. The van der Waals surface area contributed by atoms with Gasteiger partial charge in [-0.2, -0.15) is 0 Å². The molecule has 4 atom stereocenters. The van der Waals surface area contributed by atoms with Gasteiger partial charge in [-0.1, -0.05) is 30.3 Å². The van der Waals surface area contributed by atoms with Gasteiger partial charge in [0.05, 0.1) is 23.9 Å². The molecule has 2 aromatic carbocycles. The number of amides is 2. The second-order valence-electron chi connectivity index (χ2n) is 12.3. The van der Waals surface area contributed by atoms with E-state index in [1.165, 1.54) is 0 Å². The number of anilines is 2. The van der Waals surface area contributed by atoms with E-state index in [0.717, 1.165) is 22.2 Å². The molecule has 0 radical (unpaired) electrons. The maximum atomic E-state index is 14.0. The first-order valence-electron chi connectivity index (χ1n) is 14.7. The average Bonchev–Trinajstić information content (AvgIpc) is 3.70. The van der Waals surface area contributed by atoms with E-state index in [2.05, 4.69) is 20.6 Å². The summed E-state index contributed by atoms with van der Waals surface area (Å²) in [6, 6.07) is 13.4. The van der Waals surface area contributed by atoms with Gasteiger partial charge in [-0.15, -0.1) is 5.10 Å².